The second kappa shape index (κ2) is 11.2. The lowest BCUT2D eigenvalue weighted by Gasteiger charge is -2.28. The van der Waals surface area contributed by atoms with Crippen LogP contribution < -0.4 is 14.8 Å². The lowest BCUT2D eigenvalue weighted by molar-refractivity contribution is -0.159. The molecule has 1 heterocycles. The van der Waals surface area contributed by atoms with Crippen LogP contribution in [0.25, 0.3) is 11.1 Å². The fraction of sp³-hybridized carbons (Fsp3) is 0.231. The monoisotopic (exact) mass is 449 g/mol. The number of hydrogen-bond acceptors (Lipinski definition) is 5. The van der Waals surface area contributed by atoms with Gasteiger partial charge in [-0.25, -0.2) is 9.59 Å². The Hall–Kier alpha value is -3.84. The first-order chi connectivity index (χ1) is 15.9. The van der Waals surface area contributed by atoms with E-state index in [4.69, 9.17) is 29.3 Å². The van der Waals surface area contributed by atoms with Crippen LogP contribution in [0, 0.1) is 0 Å². The number of benzene rings is 3. The number of carboxylic acid groups (broad SMARTS) is 2. The van der Waals surface area contributed by atoms with Crippen molar-refractivity contribution in [1.82, 2.24) is 5.32 Å². The molecule has 33 heavy (non-hydrogen) atoms. The fourth-order valence-corrected chi connectivity index (χ4v) is 3.85. The van der Waals surface area contributed by atoms with Gasteiger partial charge < -0.3 is 25.0 Å². The normalized spacial score (nSPS) is 14.3. The van der Waals surface area contributed by atoms with Crippen LogP contribution in [0.5, 0.6) is 11.5 Å². The predicted octanol–water partition coefficient (Wildman–Crippen LogP) is 3.96. The third-order valence-electron chi connectivity index (χ3n) is 5.49. The molecule has 0 radical (unpaired) electrons. The van der Waals surface area contributed by atoms with Crippen LogP contribution in [0.1, 0.15) is 22.7 Å². The van der Waals surface area contributed by atoms with Gasteiger partial charge in [0, 0.05) is 6.04 Å². The molecule has 1 unspecified atom stereocenters. The van der Waals surface area contributed by atoms with Gasteiger partial charge in [0.15, 0.2) is 11.5 Å². The number of aliphatic carboxylic acids is 2. The van der Waals surface area contributed by atoms with E-state index >= 15 is 0 Å². The highest BCUT2D eigenvalue weighted by Gasteiger charge is 2.22. The standard InChI is InChI=1S/C24H25NO2.C2H2O4/c1-26-23-15-20-12-13-25-22(21(20)16-24(23)27-2)14-17-8-10-19(11-9-17)18-6-4-3-5-7-18;3-1(4)2(5)6/h3-11,15-16,22,25H,12-14H2,1-2H3;(H,3,4)(H,5,6). The molecule has 0 aliphatic carbocycles. The molecule has 7 nitrogen and oxygen atoms in total. The zero-order valence-electron chi connectivity index (χ0n) is 18.6. The molecule has 1 aliphatic rings. The Morgan fingerprint density at radius 2 is 1.45 bits per heavy atom. The fourth-order valence-electron chi connectivity index (χ4n) is 3.85. The van der Waals surface area contributed by atoms with Crippen molar-refractivity contribution in [3.05, 3.63) is 83.4 Å². The molecule has 7 heteroatoms. The van der Waals surface area contributed by atoms with E-state index in [2.05, 4.69) is 66.0 Å². The smallest absolute Gasteiger partial charge is 0.414 e. The van der Waals surface area contributed by atoms with Crippen molar-refractivity contribution < 1.29 is 29.3 Å². The summed E-state index contributed by atoms with van der Waals surface area (Å²) in [5, 5.41) is 18.4. The number of rotatable bonds is 5. The molecule has 0 saturated heterocycles. The average molecular weight is 450 g/mol. The second-order valence-electron chi connectivity index (χ2n) is 7.54. The highest BCUT2D eigenvalue weighted by Crippen LogP contribution is 2.36. The summed E-state index contributed by atoms with van der Waals surface area (Å²) in [7, 11) is 3.38. The third kappa shape index (κ3) is 6.11. The summed E-state index contributed by atoms with van der Waals surface area (Å²) in [5.41, 5.74) is 6.49. The maximum absolute atomic E-state index is 9.10. The third-order valence-corrected chi connectivity index (χ3v) is 5.49. The number of carboxylic acids is 2. The summed E-state index contributed by atoms with van der Waals surface area (Å²) < 4.78 is 11.0. The van der Waals surface area contributed by atoms with Crippen LogP contribution in [-0.2, 0) is 22.4 Å². The Balaban J connectivity index is 0.000000454. The number of methoxy groups -OCH3 is 2. The van der Waals surface area contributed by atoms with Gasteiger partial charge in [0.1, 0.15) is 0 Å². The van der Waals surface area contributed by atoms with E-state index in [1.165, 1.54) is 27.8 Å². The minimum atomic E-state index is -1.82. The van der Waals surface area contributed by atoms with Crippen LogP contribution in [-0.4, -0.2) is 42.9 Å². The molecule has 0 spiro atoms. The lowest BCUT2D eigenvalue weighted by Crippen LogP contribution is -2.31. The van der Waals surface area contributed by atoms with Crippen LogP contribution in [0.2, 0.25) is 0 Å². The molecule has 1 atom stereocenters. The Bertz CT molecular complexity index is 1080. The zero-order chi connectivity index (χ0) is 23.8. The Labute approximate surface area is 192 Å². The SMILES string of the molecule is COc1cc2c(cc1OC)C(Cc1ccc(-c3ccccc3)cc1)NCC2.O=C(O)C(=O)O. The molecule has 0 fully saturated rings. The minimum Gasteiger partial charge on any atom is -0.493 e. The highest BCUT2D eigenvalue weighted by atomic mass is 16.5. The summed E-state index contributed by atoms with van der Waals surface area (Å²) in [6, 6.07) is 23.9. The van der Waals surface area contributed by atoms with Gasteiger partial charge in [0.25, 0.3) is 0 Å². The van der Waals surface area contributed by atoms with Gasteiger partial charge in [-0.1, -0.05) is 54.6 Å². The Kier molecular flexibility index (Phi) is 8.05. The highest BCUT2D eigenvalue weighted by molar-refractivity contribution is 6.27. The first kappa shape index (κ1) is 23.8. The van der Waals surface area contributed by atoms with E-state index in [1.54, 1.807) is 14.2 Å². The summed E-state index contributed by atoms with van der Waals surface area (Å²) in [4.78, 5) is 18.2. The van der Waals surface area contributed by atoms with Crippen LogP contribution in [0.15, 0.2) is 66.7 Å². The first-order valence-electron chi connectivity index (χ1n) is 10.5. The summed E-state index contributed by atoms with van der Waals surface area (Å²) in [6.45, 7) is 0.981. The number of nitrogens with one attached hydrogen (secondary N) is 1. The molecule has 3 N–H and O–H groups in total. The molecule has 172 valence electrons. The molecule has 0 bridgehead atoms. The largest absolute Gasteiger partial charge is 0.493 e. The molecule has 0 aromatic heterocycles. The number of fused-ring (bicyclic) bond motifs is 1. The van der Waals surface area contributed by atoms with Crippen LogP contribution in [0.3, 0.4) is 0 Å². The Morgan fingerprint density at radius 3 is 2.03 bits per heavy atom. The first-order valence-corrected chi connectivity index (χ1v) is 10.5. The van der Waals surface area contributed by atoms with Crippen molar-refractivity contribution in [3.8, 4) is 22.6 Å². The molecular formula is C26H27NO6. The summed E-state index contributed by atoms with van der Waals surface area (Å²) in [6.07, 6.45) is 1.97. The summed E-state index contributed by atoms with van der Waals surface area (Å²) >= 11 is 0. The maximum Gasteiger partial charge on any atom is 0.414 e. The van der Waals surface area contributed by atoms with Crippen molar-refractivity contribution in [2.45, 2.75) is 18.9 Å². The van der Waals surface area contributed by atoms with Gasteiger partial charge in [0.2, 0.25) is 0 Å². The summed E-state index contributed by atoms with van der Waals surface area (Å²) in [5.74, 6) is -2.04. The molecule has 1 aliphatic heterocycles. The molecule has 0 saturated carbocycles. The van der Waals surface area contributed by atoms with E-state index in [-0.39, 0.29) is 6.04 Å². The van der Waals surface area contributed by atoms with Crippen LogP contribution >= 0.6 is 0 Å². The second-order valence-corrected chi connectivity index (χ2v) is 7.54. The number of ether oxygens (including phenoxy) is 2. The van der Waals surface area contributed by atoms with E-state index in [0.717, 1.165) is 30.9 Å². The molecule has 4 rings (SSSR count). The van der Waals surface area contributed by atoms with Gasteiger partial charge in [-0.15, -0.1) is 0 Å². The minimum absolute atomic E-state index is 0.288. The zero-order valence-corrected chi connectivity index (χ0v) is 18.6. The average Bonchev–Trinajstić information content (AvgIpc) is 2.84. The number of hydrogen-bond donors (Lipinski definition) is 3. The van der Waals surface area contributed by atoms with Crippen molar-refractivity contribution in [3.63, 3.8) is 0 Å². The van der Waals surface area contributed by atoms with Crippen molar-refractivity contribution in [2.75, 3.05) is 20.8 Å². The molecule has 0 amide bonds. The van der Waals surface area contributed by atoms with Gasteiger partial charge in [-0.2, -0.15) is 0 Å². The van der Waals surface area contributed by atoms with Crippen molar-refractivity contribution >= 4 is 11.9 Å². The van der Waals surface area contributed by atoms with E-state index < -0.39 is 11.9 Å². The molecule has 3 aromatic rings. The molecule has 3 aromatic carbocycles. The van der Waals surface area contributed by atoms with Gasteiger partial charge in [0.05, 0.1) is 14.2 Å². The Morgan fingerprint density at radius 1 is 0.879 bits per heavy atom. The van der Waals surface area contributed by atoms with E-state index in [1.807, 2.05) is 6.07 Å². The van der Waals surface area contributed by atoms with Gasteiger partial charge >= 0.3 is 11.9 Å². The van der Waals surface area contributed by atoms with E-state index in [0.29, 0.717) is 0 Å². The topological polar surface area (TPSA) is 105 Å². The van der Waals surface area contributed by atoms with Crippen LogP contribution in [0.4, 0.5) is 0 Å². The number of carbonyl (C=O) groups is 2. The van der Waals surface area contributed by atoms with Crippen molar-refractivity contribution in [2.24, 2.45) is 0 Å². The van der Waals surface area contributed by atoms with E-state index in [9.17, 15) is 0 Å². The van der Waals surface area contributed by atoms with Crippen molar-refractivity contribution in [1.29, 1.82) is 0 Å². The maximum atomic E-state index is 9.10. The molecular weight excluding hydrogens is 422 g/mol. The predicted molar refractivity (Wildman–Crippen MR) is 125 cm³/mol. The van der Waals surface area contributed by atoms with Gasteiger partial charge in [-0.3, -0.25) is 0 Å². The lowest BCUT2D eigenvalue weighted by atomic mass is 9.89. The van der Waals surface area contributed by atoms with Gasteiger partial charge in [-0.05, 0) is 59.3 Å². The quantitative estimate of drug-likeness (QED) is 0.507.